The quantitative estimate of drug-likeness (QED) is 0.547. The van der Waals surface area contributed by atoms with Crippen LogP contribution in [0.15, 0.2) is 48.7 Å². The van der Waals surface area contributed by atoms with Crippen LogP contribution in [0.1, 0.15) is 56.3 Å². The normalized spacial score (nSPS) is 20.1. The Morgan fingerprint density at radius 3 is 2.63 bits per heavy atom. The van der Waals surface area contributed by atoms with Crippen LogP contribution in [0.4, 0.5) is 5.82 Å². The molecular formula is C24H31N5O. The van der Waals surface area contributed by atoms with Gasteiger partial charge in [0.25, 0.3) is 5.91 Å². The van der Waals surface area contributed by atoms with Crippen molar-refractivity contribution in [2.45, 2.75) is 52.0 Å². The number of aromatic nitrogens is 3. The maximum Gasteiger partial charge on any atom is 0.254 e. The first-order valence-electron chi connectivity index (χ1n) is 10.9. The van der Waals surface area contributed by atoms with Crippen molar-refractivity contribution in [3.05, 3.63) is 60.0 Å². The summed E-state index contributed by atoms with van der Waals surface area (Å²) in [4.78, 5) is 22.4. The van der Waals surface area contributed by atoms with Gasteiger partial charge in [0, 0.05) is 43.0 Å². The van der Waals surface area contributed by atoms with Gasteiger partial charge < -0.3 is 9.80 Å². The molecule has 6 nitrogen and oxygen atoms in total. The van der Waals surface area contributed by atoms with E-state index in [1.165, 1.54) is 12.8 Å². The zero-order valence-electron chi connectivity index (χ0n) is 18.1. The van der Waals surface area contributed by atoms with Crippen LogP contribution in [-0.4, -0.2) is 45.0 Å². The summed E-state index contributed by atoms with van der Waals surface area (Å²) < 4.78 is 1.86. The highest BCUT2D eigenvalue weighted by atomic mass is 16.2. The molecule has 158 valence electrons. The number of amides is 1. The van der Waals surface area contributed by atoms with Crippen molar-refractivity contribution in [1.29, 1.82) is 0 Å². The largest absolute Gasteiger partial charge is 0.356 e. The van der Waals surface area contributed by atoms with Crippen LogP contribution in [-0.2, 0) is 4.79 Å². The number of piperidine rings is 1. The van der Waals surface area contributed by atoms with Crippen molar-refractivity contribution < 1.29 is 4.79 Å². The number of rotatable bonds is 5. The lowest BCUT2D eigenvalue weighted by Gasteiger charge is -2.35. The van der Waals surface area contributed by atoms with Gasteiger partial charge in [0.2, 0.25) is 0 Å². The van der Waals surface area contributed by atoms with E-state index in [2.05, 4.69) is 31.2 Å². The predicted octanol–water partition coefficient (Wildman–Crippen LogP) is 4.38. The van der Waals surface area contributed by atoms with E-state index in [1.54, 1.807) is 12.2 Å². The number of carbonyl (C=O) groups is 1. The SMILES string of the molecule is C=C/C(=C\C(=C)C)C(=O)N1CCCCC1c1cc2nc(N3CCCC3)c(C)cn2n1. The summed E-state index contributed by atoms with van der Waals surface area (Å²) in [6.07, 6.45) is 10.9. The third-order valence-corrected chi connectivity index (χ3v) is 6.00. The van der Waals surface area contributed by atoms with Crippen LogP contribution in [0.2, 0.25) is 0 Å². The molecule has 0 aromatic carbocycles. The molecule has 1 atom stereocenters. The Morgan fingerprint density at radius 1 is 1.20 bits per heavy atom. The number of likely N-dealkylation sites (tertiary alicyclic amines) is 1. The van der Waals surface area contributed by atoms with E-state index in [1.807, 2.05) is 22.4 Å². The molecule has 4 heterocycles. The molecule has 0 bridgehead atoms. The summed E-state index contributed by atoms with van der Waals surface area (Å²) in [7, 11) is 0. The Morgan fingerprint density at radius 2 is 1.93 bits per heavy atom. The molecule has 1 unspecified atom stereocenters. The first kappa shape index (κ1) is 20.4. The van der Waals surface area contributed by atoms with E-state index in [-0.39, 0.29) is 11.9 Å². The molecule has 0 N–H and O–H groups in total. The fraction of sp³-hybridized carbons (Fsp3) is 0.458. The second kappa shape index (κ2) is 8.46. The van der Waals surface area contributed by atoms with Crippen LogP contribution in [0.5, 0.6) is 0 Å². The Kier molecular flexibility index (Phi) is 5.75. The molecule has 1 amide bonds. The summed E-state index contributed by atoms with van der Waals surface area (Å²) in [6, 6.07) is 2.00. The molecule has 30 heavy (non-hydrogen) atoms. The van der Waals surface area contributed by atoms with Gasteiger partial charge in [-0.05, 0) is 52.0 Å². The zero-order chi connectivity index (χ0) is 21.3. The van der Waals surface area contributed by atoms with E-state index < -0.39 is 0 Å². The van der Waals surface area contributed by atoms with Gasteiger partial charge in [0.1, 0.15) is 5.82 Å². The van der Waals surface area contributed by atoms with Crippen LogP contribution in [0.25, 0.3) is 5.65 Å². The summed E-state index contributed by atoms with van der Waals surface area (Å²) in [6.45, 7) is 14.6. The molecule has 0 aliphatic carbocycles. The first-order valence-corrected chi connectivity index (χ1v) is 10.9. The number of carbonyl (C=O) groups excluding carboxylic acids is 1. The molecule has 2 fully saturated rings. The molecule has 2 aliphatic heterocycles. The minimum absolute atomic E-state index is 0.00310. The van der Waals surface area contributed by atoms with Gasteiger partial charge in [-0.15, -0.1) is 0 Å². The fourth-order valence-electron chi connectivity index (χ4n) is 4.55. The highest BCUT2D eigenvalue weighted by Crippen LogP contribution is 2.32. The Hall–Kier alpha value is -2.89. The van der Waals surface area contributed by atoms with E-state index in [0.717, 1.165) is 67.2 Å². The fourth-order valence-corrected chi connectivity index (χ4v) is 4.55. The average Bonchev–Trinajstić information content (AvgIpc) is 3.40. The molecule has 0 spiro atoms. The molecule has 0 saturated carbocycles. The number of allylic oxidation sites excluding steroid dienone is 2. The Bertz CT molecular complexity index is 1010. The van der Waals surface area contributed by atoms with Gasteiger partial charge in [-0.3, -0.25) is 4.79 Å². The van der Waals surface area contributed by atoms with Crippen LogP contribution in [0.3, 0.4) is 0 Å². The summed E-state index contributed by atoms with van der Waals surface area (Å²) in [5.74, 6) is 1.05. The number of hydrogen-bond acceptors (Lipinski definition) is 4. The number of nitrogens with zero attached hydrogens (tertiary/aromatic N) is 5. The number of anilines is 1. The monoisotopic (exact) mass is 405 g/mol. The van der Waals surface area contributed by atoms with Crippen LogP contribution in [0, 0.1) is 6.92 Å². The summed E-state index contributed by atoms with van der Waals surface area (Å²) in [5.41, 5.74) is 4.32. The van der Waals surface area contributed by atoms with Crippen molar-refractivity contribution in [2.24, 2.45) is 0 Å². The lowest BCUT2D eigenvalue weighted by Crippen LogP contribution is -2.39. The maximum atomic E-state index is 13.2. The van der Waals surface area contributed by atoms with E-state index in [0.29, 0.717) is 5.57 Å². The van der Waals surface area contributed by atoms with Gasteiger partial charge in [-0.1, -0.05) is 24.8 Å². The lowest BCUT2D eigenvalue weighted by atomic mass is 9.98. The Labute approximate surface area is 178 Å². The topological polar surface area (TPSA) is 53.7 Å². The van der Waals surface area contributed by atoms with E-state index >= 15 is 0 Å². The predicted molar refractivity (Wildman–Crippen MR) is 121 cm³/mol. The van der Waals surface area contributed by atoms with Gasteiger partial charge in [0.05, 0.1) is 11.7 Å². The number of fused-ring (bicyclic) bond motifs is 1. The molecule has 2 aromatic rings. The molecule has 2 aromatic heterocycles. The van der Waals surface area contributed by atoms with Gasteiger partial charge in [0.15, 0.2) is 5.65 Å². The minimum atomic E-state index is -0.0445. The Balaban J connectivity index is 1.67. The molecule has 4 rings (SSSR count). The first-order chi connectivity index (χ1) is 14.5. The summed E-state index contributed by atoms with van der Waals surface area (Å²) in [5, 5.41) is 4.82. The van der Waals surface area contributed by atoms with Crippen LogP contribution < -0.4 is 4.90 Å². The molecular weight excluding hydrogens is 374 g/mol. The highest BCUT2D eigenvalue weighted by Gasteiger charge is 2.31. The van der Waals surface area contributed by atoms with Crippen molar-refractivity contribution in [3.63, 3.8) is 0 Å². The van der Waals surface area contributed by atoms with Crippen molar-refractivity contribution >= 4 is 17.4 Å². The second-order valence-corrected chi connectivity index (χ2v) is 8.47. The third kappa shape index (κ3) is 3.91. The number of aryl methyl sites for hydroxylation is 1. The molecule has 0 radical (unpaired) electrons. The average molecular weight is 406 g/mol. The lowest BCUT2D eigenvalue weighted by molar-refractivity contribution is -0.130. The van der Waals surface area contributed by atoms with Crippen molar-refractivity contribution in [2.75, 3.05) is 24.5 Å². The van der Waals surface area contributed by atoms with Gasteiger partial charge in [-0.2, -0.15) is 5.10 Å². The third-order valence-electron chi connectivity index (χ3n) is 6.00. The van der Waals surface area contributed by atoms with E-state index in [9.17, 15) is 4.79 Å². The summed E-state index contributed by atoms with van der Waals surface area (Å²) >= 11 is 0. The van der Waals surface area contributed by atoms with Gasteiger partial charge >= 0.3 is 0 Å². The number of hydrogen-bond donors (Lipinski definition) is 0. The van der Waals surface area contributed by atoms with E-state index in [4.69, 9.17) is 10.1 Å². The van der Waals surface area contributed by atoms with Crippen LogP contribution >= 0.6 is 0 Å². The maximum absolute atomic E-state index is 13.2. The molecule has 2 aliphatic rings. The van der Waals surface area contributed by atoms with Crippen molar-refractivity contribution in [1.82, 2.24) is 19.5 Å². The molecule has 2 saturated heterocycles. The highest BCUT2D eigenvalue weighted by molar-refractivity contribution is 5.96. The van der Waals surface area contributed by atoms with Crippen molar-refractivity contribution in [3.8, 4) is 0 Å². The van der Waals surface area contributed by atoms with Gasteiger partial charge in [-0.25, -0.2) is 9.50 Å². The zero-order valence-corrected chi connectivity index (χ0v) is 18.1. The smallest absolute Gasteiger partial charge is 0.254 e. The molecule has 6 heteroatoms. The second-order valence-electron chi connectivity index (χ2n) is 8.47. The minimum Gasteiger partial charge on any atom is -0.356 e. The standard InChI is InChI=1S/C24H31N5O/c1-5-19(14-17(2)3)24(30)28-13-7-6-10-21(28)20-15-22-25-23(27-11-8-9-12-27)18(4)16-29(22)26-20/h5,14-16,21H,1-2,6-13H2,3-4H3/b19-14+.